The molecule has 0 atom stereocenters. The van der Waals surface area contributed by atoms with Crippen LogP contribution in [0.15, 0.2) is 0 Å². The Labute approximate surface area is 93.2 Å². The number of hydrogen-bond acceptors (Lipinski definition) is 4. The van der Waals surface area contributed by atoms with Crippen molar-refractivity contribution in [1.82, 2.24) is 4.90 Å². The number of ether oxygens (including phenoxy) is 1. The Morgan fingerprint density at radius 2 is 1.93 bits per heavy atom. The zero-order valence-corrected chi connectivity index (χ0v) is 10.5. The van der Waals surface area contributed by atoms with Gasteiger partial charge in [-0.05, 0) is 13.8 Å². The summed E-state index contributed by atoms with van der Waals surface area (Å²) in [6, 6.07) is 0. The Hall–Kier alpha value is -0.450. The van der Waals surface area contributed by atoms with Crippen LogP contribution in [-0.2, 0) is 9.53 Å². The maximum Gasteiger partial charge on any atom is 0.143 e. The topological polar surface area (TPSA) is 49.8 Å². The van der Waals surface area contributed by atoms with E-state index in [0.717, 1.165) is 0 Å². The smallest absolute Gasteiger partial charge is 0.143 e. The van der Waals surface area contributed by atoms with Gasteiger partial charge in [-0.3, -0.25) is 9.69 Å². The van der Waals surface area contributed by atoms with E-state index in [1.54, 1.807) is 6.92 Å². The summed E-state index contributed by atoms with van der Waals surface area (Å²) >= 11 is 0. The van der Waals surface area contributed by atoms with E-state index in [2.05, 4.69) is 0 Å². The van der Waals surface area contributed by atoms with Crippen LogP contribution in [0.1, 0.15) is 27.7 Å². The number of carbonyl (C=O) groups is 1. The Morgan fingerprint density at radius 1 is 1.33 bits per heavy atom. The van der Waals surface area contributed by atoms with Gasteiger partial charge in [0.1, 0.15) is 5.78 Å². The third-order valence-corrected chi connectivity index (χ3v) is 1.62. The molecule has 0 aromatic heterocycles. The molecular formula is C11H25NO3. The lowest BCUT2D eigenvalue weighted by Gasteiger charge is -2.19. The standard InChI is InChI=1S/C9H19NO3.C2H6/c1-3-13-7-5-10(4-6-11)8-9(2)12;1-2/h11H,3-8H2,1-2H3;1-2H3. The molecule has 4 heteroatoms. The first-order valence-corrected chi connectivity index (χ1v) is 5.61. The molecule has 0 fully saturated rings. The fraction of sp³-hybridized carbons (Fsp3) is 0.909. The number of aliphatic hydroxyl groups excluding tert-OH is 1. The van der Waals surface area contributed by atoms with Crippen LogP contribution in [-0.4, -0.2) is 55.2 Å². The van der Waals surface area contributed by atoms with Crippen molar-refractivity contribution in [1.29, 1.82) is 0 Å². The lowest BCUT2D eigenvalue weighted by Crippen LogP contribution is -2.34. The Morgan fingerprint density at radius 3 is 2.33 bits per heavy atom. The van der Waals surface area contributed by atoms with Crippen molar-refractivity contribution in [2.45, 2.75) is 27.7 Å². The molecule has 0 aliphatic carbocycles. The predicted molar refractivity (Wildman–Crippen MR) is 62.0 cm³/mol. The minimum atomic E-state index is 0.0827. The van der Waals surface area contributed by atoms with Crippen LogP contribution in [0.4, 0.5) is 0 Å². The number of rotatable bonds is 8. The molecule has 0 unspecified atom stereocenters. The van der Waals surface area contributed by atoms with Crippen LogP contribution in [0.25, 0.3) is 0 Å². The third kappa shape index (κ3) is 13.6. The minimum Gasteiger partial charge on any atom is -0.395 e. The predicted octanol–water partition coefficient (Wildman–Crippen LogP) is 0.932. The first-order chi connectivity index (χ1) is 7.20. The molecule has 0 rings (SSSR count). The molecule has 0 aromatic carbocycles. The van der Waals surface area contributed by atoms with Crippen molar-refractivity contribution in [3.63, 3.8) is 0 Å². The monoisotopic (exact) mass is 219 g/mol. The maximum atomic E-state index is 10.8. The maximum absolute atomic E-state index is 10.8. The van der Waals surface area contributed by atoms with Gasteiger partial charge >= 0.3 is 0 Å². The Balaban J connectivity index is 0. The van der Waals surface area contributed by atoms with Gasteiger partial charge in [-0.2, -0.15) is 0 Å². The quantitative estimate of drug-likeness (QED) is 0.617. The van der Waals surface area contributed by atoms with E-state index in [9.17, 15) is 4.79 Å². The highest BCUT2D eigenvalue weighted by molar-refractivity contribution is 5.77. The van der Waals surface area contributed by atoms with Crippen molar-refractivity contribution in [2.75, 3.05) is 39.5 Å². The van der Waals surface area contributed by atoms with Crippen LogP contribution in [0.3, 0.4) is 0 Å². The summed E-state index contributed by atoms with van der Waals surface area (Å²) in [6.07, 6.45) is 0. The molecule has 0 aromatic rings. The Kier molecular flexibility index (Phi) is 15.3. The van der Waals surface area contributed by atoms with Crippen LogP contribution in [0, 0.1) is 0 Å². The van der Waals surface area contributed by atoms with Gasteiger partial charge in [0.15, 0.2) is 0 Å². The molecule has 0 saturated carbocycles. The number of aliphatic hydroxyl groups is 1. The largest absolute Gasteiger partial charge is 0.395 e. The van der Waals surface area contributed by atoms with Crippen LogP contribution >= 0.6 is 0 Å². The van der Waals surface area contributed by atoms with Gasteiger partial charge in [-0.1, -0.05) is 13.8 Å². The molecule has 92 valence electrons. The SMILES string of the molecule is CC.CCOCCN(CCO)CC(C)=O. The molecule has 4 nitrogen and oxygen atoms in total. The summed E-state index contributed by atoms with van der Waals surface area (Å²) in [5, 5.41) is 8.71. The second kappa shape index (κ2) is 13.5. The molecule has 0 radical (unpaired) electrons. The van der Waals surface area contributed by atoms with Crippen LogP contribution in [0.2, 0.25) is 0 Å². The Bertz CT molecular complexity index is 140. The van der Waals surface area contributed by atoms with Crippen molar-refractivity contribution in [3.05, 3.63) is 0 Å². The minimum absolute atomic E-state index is 0.0827. The van der Waals surface area contributed by atoms with E-state index in [-0.39, 0.29) is 12.4 Å². The number of hydrogen-bond donors (Lipinski definition) is 1. The first kappa shape index (κ1) is 17.0. The third-order valence-electron chi connectivity index (χ3n) is 1.62. The van der Waals surface area contributed by atoms with E-state index >= 15 is 0 Å². The lowest BCUT2D eigenvalue weighted by molar-refractivity contribution is -0.118. The van der Waals surface area contributed by atoms with Crippen molar-refractivity contribution < 1.29 is 14.6 Å². The second-order valence-electron chi connectivity index (χ2n) is 2.90. The van der Waals surface area contributed by atoms with Gasteiger partial charge in [0, 0.05) is 19.7 Å². The number of ketones is 1. The van der Waals surface area contributed by atoms with E-state index in [4.69, 9.17) is 9.84 Å². The van der Waals surface area contributed by atoms with Crippen LogP contribution in [0.5, 0.6) is 0 Å². The van der Waals surface area contributed by atoms with Crippen molar-refractivity contribution >= 4 is 5.78 Å². The van der Waals surface area contributed by atoms with Gasteiger partial charge in [0.25, 0.3) is 0 Å². The van der Waals surface area contributed by atoms with Gasteiger partial charge in [0.05, 0.1) is 19.8 Å². The summed E-state index contributed by atoms with van der Waals surface area (Å²) < 4.78 is 5.16. The van der Waals surface area contributed by atoms with Gasteiger partial charge in [-0.15, -0.1) is 0 Å². The van der Waals surface area contributed by atoms with Crippen molar-refractivity contribution in [2.24, 2.45) is 0 Å². The average Bonchev–Trinajstić information content (AvgIpc) is 2.20. The van der Waals surface area contributed by atoms with E-state index in [0.29, 0.717) is 32.8 Å². The normalized spacial score (nSPS) is 9.73. The van der Waals surface area contributed by atoms with E-state index in [1.165, 1.54) is 0 Å². The zero-order chi connectivity index (χ0) is 12.1. The van der Waals surface area contributed by atoms with Gasteiger partial charge < -0.3 is 9.84 Å². The number of Topliss-reactive ketones (excluding diaryl/α,β-unsaturated/α-hetero) is 1. The van der Waals surface area contributed by atoms with E-state index in [1.807, 2.05) is 25.7 Å². The van der Waals surface area contributed by atoms with Crippen molar-refractivity contribution in [3.8, 4) is 0 Å². The second-order valence-corrected chi connectivity index (χ2v) is 2.90. The highest BCUT2D eigenvalue weighted by atomic mass is 16.5. The fourth-order valence-electron chi connectivity index (χ4n) is 1.06. The van der Waals surface area contributed by atoms with Gasteiger partial charge in [-0.25, -0.2) is 0 Å². The lowest BCUT2D eigenvalue weighted by atomic mass is 10.4. The van der Waals surface area contributed by atoms with Gasteiger partial charge in [0.2, 0.25) is 0 Å². The molecule has 0 spiro atoms. The molecule has 15 heavy (non-hydrogen) atoms. The summed E-state index contributed by atoms with van der Waals surface area (Å²) in [5.74, 6) is 0.116. The highest BCUT2D eigenvalue weighted by Gasteiger charge is 2.05. The molecule has 0 bridgehead atoms. The molecular weight excluding hydrogens is 194 g/mol. The summed E-state index contributed by atoms with van der Waals surface area (Å²) in [4.78, 5) is 12.7. The van der Waals surface area contributed by atoms with E-state index < -0.39 is 0 Å². The highest BCUT2D eigenvalue weighted by Crippen LogP contribution is 1.89. The summed E-state index contributed by atoms with van der Waals surface area (Å²) in [5.41, 5.74) is 0. The van der Waals surface area contributed by atoms with Crippen LogP contribution < -0.4 is 0 Å². The zero-order valence-electron chi connectivity index (χ0n) is 10.5. The summed E-state index contributed by atoms with van der Waals surface area (Å²) in [7, 11) is 0. The molecule has 0 aliphatic rings. The molecule has 0 aliphatic heterocycles. The molecule has 1 N–H and O–H groups in total. The average molecular weight is 219 g/mol. The molecule has 0 saturated heterocycles. The molecule has 0 amide bonds. The fourth-order valence-corrected chi connectivity index (χ4v) is 1.06. The number of nitrogens with zero attached hydrogens (tertiary/aromatic N) is 1. The number of carbonyl (C=O) groups excluding carboxylic acids is 1. The molecule has 0 heterocycles. The summed E-state index contributed by atoms with van der Waals surface area (Å²) in [6.45, 7) is 10.5. The first-order valence-electron chi connectivity index (χ1n) is 5.61.